The molecular weight excluding hydrogens is 644 g/mol. The van der Waals surface area contributed by atoms with E-state index in [9.17, 15) is 28.1 Å². The monoisotopic (exact) mass is 686 g/mol. The summed E-state index contributed by atoms with van der Waals surface area (Å²) in [7, 11) is -3.07. The molecule has 49 heavy (non-hydrogen) atoms. The molecule has 0 fully saturated rings. The van der Waals surface area contributed by atoms with Crippen molar-refractivity contribution in [1.29, 1.82) is 0 Å². The van der Waals surface area contributed by atoms with Gasteiger partial charge in [-0.2, -0.15) is 0 Å². The molecule has 0 heterocycles. The summed E-state index contributed by atoms with van der Waals surface area (Å²) in [6.07, 6.45) is 0.849. The van der Waals surface area contributed by atoms with Gasteiger partial charge in [0.15, 0.2) is 0 Å². The molecule has 12 heteroatoms. The van der Waals surface area contributed by atoms with Crippen molar-refractivity contribution in [1.82, 2.24) is 10.2 Å². The van der Waals surface area contributed by atoms with Crippen LogP contribution in [0.25, 0.3) is 0 Å². The quantitative estimate of drug-likeness (QED) is 0.120. The molecule has 0 bridgehead atoms. The molecule has 0 saturated carbocycles. The molecule has 2 atom stereocenters. The smallest absolute Gasteiger partial charge is 0.273 e. The SMILES string of the molecule is CCC(C)NC(=O)C(Cc1ccccc1)N(Cc1cccc(C)c1)C(=O)CN(c1ccc(OC)cc1)S(=O)(=O)c1ccc(C)c([N+](=O)[O-])c1. The van der Waals surface area contributed by atoms with Gasteiger partial charge >= 0.3 is 0 Å². The molecule has 0 saturated heterocycles. The Balaban J connectivity index is 1.85. The maximum absolute atomic E-state index is 14.6. The lowest BCUT2D eigenvalue weighted by Gasteiger charge is -2.34. The summed E-state index contributed by atoms with van der Waals surface area (Å²) in [6, 6.07) is 25.4. The van der Waals surface area contributed by atoms with E-state index in [-0.39, 0.29) is 46.7 Å². The van der Waals surface area contributed by atoms with Crippen molar-refractivity contribution in [2.45, 2.75) is 64.1 Å². The first-order valence-corrected chi connectivity index (χ1v) is 17.4. The zero-order chi connectivity index (χ0) is 35.7. The van der Waals surface area contributed by atoms with Crippen molar-refractivity contribution < 1.29 is 27.7 Å². The Bertz CT molecular complexity index is 1880. The summed E-state index contributed by atoms with van der Waals surface area (Å²) >= 11 is 0. The van der Waals surface area contributed by atoms with Gasteiger partial charge in [0.25, 0.3) is 15.7 Å². The second-order valence-electron chi connectivity index (χ2n) is 11.9. The van der Waals surface area contributed by atoms with Crippen LogP contribution in [0.2, 0.25) is 0 Å². The van der Waals surface area contributed by atoms with Gasteiger partial charge in [0.05, 0.1) is 22.6 Å². The number of nitro benzene ring substituents is 1. The van der Waals surface area contributed by atoms with Gasteiger partial charge in [-0.15, -0.1) is 0 Å². The number of hydrogen-bond donors (Lipinski definition) is 1. The van der Waals surface area contributed by atoms with Crippen LogP contribution in [0, 0.1) is 24.0 Å². The van der Waals surface area contributed by atoms with Crippen LogP contribution in [0.5, 0.6) is 5.75 Å². The first-order chi connectivity index (χ1) is 23.3. The molecule has 0 spiro atoms. The molecule has 4 aromatic rings. The lowest BCUT2D eigenvalue weighted by atomic mass is 10.0. The largest absolute Gasteiger partial charge is 0.497 e. The van der Waals surface area contributed by atoms with E-state index in [1.54, 1.807) is 12.1 Å². The summed E-state index contributed by atoms with van der Waals surface area (Å²) in [6.45, 7) is 6.59. The van der Waals surface area contributed by atoms with Gasteiger partial charge in [-0.1, -0.05) is 73.2 Å². The zero-order valence-corrected chi connectivity index (χ0v) is 29.1. The van der Waals surface area contributed by atoms with E-state index in [0.717, 1.165) is 27.1 Å². The maximum atomic E-state index is 14.6. The highest BCUT2D eigenvalue weighted by Crippen LogP contribution is 2.30. The first kappa shape index (κ1) is 36.6. The van der Waals surface area contributed by atoms with E-state index in [1.807, 2.05) is 75.4 Å². The number of nitro groups is 1. The van der Waals surface area contributed by atoms with Gasteiger partial charge in [-0.25, -0.2) is 8.42 Å². The molecule has 0 aliphatic heterocycles. The van der Waals surface area contributed by atoms with Crippen molar-refractivity contribution in [2.75, 3.05) is 18.0 Å². The minimum Gasteiger partial charge on any atom is -0.497 e. The highest BCUT2D eigenvalue weighted by molar-refractivity contribution is 7.92. The lowest BCUT2D eigenvalue weighted by molar-refractivity contribution is -0.385. The van der Waals surface area contributed by atoms with Crippen LogP contribution in [-0.4, -0.2) is 55.8 Å². The van der Waals surface area contributed by atoms with E-state index in [0.29, 0.717) is 12.2 Å². The highest BCUT2D eigenvalue weighted by Gasteiger charge is 2.35. The second kappa shape index (κ2) is 16.2. The second-order valence-corrected chi connectivity index (χ2v) is 13.8. The maximum Gasteiger partial charge on any atom is 0.273 e. The van der Waals surface area contributed by atoms with Gasteiger partial charge in [-0.05, 0) is 68.7 Å². The number of amides is 2. The third kappa shape index (κ3) is 9.23. The molecule has 2 amide bonds. The van der Waals surface area contributed by atoms with Gasteiger partial charge in [0, 0.05) is 30.6 Å². The fourth-order valence-corrected chi connectivity index (χ4v) is 6.79. The Kier molecular flexibility index (Phi) is 12.1. The van der Waals surface area contributed by atoms with E-state index in [2.05, 4.69) is 5.32 Å². The number of nitrogens with one attached hydrogen (secondary N) is 1. The van der Waals surface area contributed by atoms with E-state index in [4.69, 9.17) is 4.74 Å². The number of rotatable bonds is 15. The third-order valence-corrected chi connectivity index (χ3v) is 10.1. The fraction of sp³-hybridized carbons (Fsp3) is 0.297. The van der Waals surface area contributed by atoms with Gasteiger partial charge < -0.3 is 15.0 Å². The highest BCUT2D eigenvalue weighted by atomic mass is 32.2. The van der Waals surface area contributed by atoms with E-state index >= 15 is 0 Å². The molecule has 0 aliphatic carbocycles. The summed E-state index contributed by atoms with van der Waals surface area (Å²) in [5.74, 6) is -0.543. The predicted octanol–water partition coefficient (Wildman–Crippen LogP) is 5.97. The number of carbonyl (C=O) groups excluding carboxylic acids is 2. The van der Waals surface area contributed by atoms with Crippen molar-refractivity contribution >= 4 is 33.2 Å². The molecule has 4 aromatic carbocycles. The number of nitrogens with zero attached hydrogens (tertiary/aromatic N) is 3. The van der Waals surface area contributed by atoms with Crippen LogP contribution in [0.3, 0.4) is 0 Å². The molecule has 1 N–H and O–H groups in total. The molecule has 4 rings (SSSR count). The number of carbonyl (C=O) groups is 2. The summed E-state index contributed by atoms with van der Waals surface area (Å²) in [5.41, 5.74) is 2.59. The number of ether oxygens (including phenoxy) is 1. The lowest BCUT2D eigenvalue weighted by Crippen LogP contribution is -2.54. The Morgan fingerprint density at radius 3 is 2.20 bits per heavy atom. The van der Waals surface area contributed by atoms with Crippen molar-refractivity contribution in [3.8, 4) is 5.75 Å². The number of anilines is 1. The number of benzene rings is 4. The topological polar surface area (TPSA) is 139 Å². The Hall–Kier alpha value is -5.23. The van der Waals surface area contributed by atoms with Crippen LogP contribution >= 0.6 is 0 Å². The molecular formula is C37H42N4O7S. The molecule has 0 aliphatic rings. The van der Waals surface area contributed by atoms with Gasteiger partial charge in [0.1, 0.15) is 18.3 Å². The summed E-state index contributed by atoms with van der Waals surface area (Å²) in [4.78, 5) is 40.8. The normalized spacial score (nSPS) is 12.4. The van der Waals surface area contributed by atoms with Crippen LogP contribution in [-0.2, 0) is 32.6 Å². The zero-order valence-electron chi connectivity index (χ0n) is 28.3. The predicted molar refractivity (Wildman–Crippen MR) is 189 cm³/mol. The Morgan fingerprint density at radius 2 is 1.59 bits per heavy atom. The standard InChI is InChI=1S/C37H42N4O7S/c1-6-28(4)38-37(43)35(22-29-12-8-7-9-13-29)39(24-30-14-10-11-26(2)21-30)36(42)25-40(31-16-18-32(48-5)19-17-31)49(46,47)33-20-15-27(3)34(23-33)41(44)45/h7-21,23,28,35H,6,22,24-25H2,1-5H3,(H,38,43). The minimum atomic E-state index is -4.54. The van der Waals surface area contributed by atoms with Crippen LogP contribution in [0.1, 0.15) is 42.5 Å². The number of aryl methyl sites for hydroxylation is 2. The third-order valence-electron chi connectivity index (χ3n) is 8.31. The fourth-order valence-electron chi connectivity index (χ4n) is 5.35. The van der Waals surface area contributed by atoms with Crippen LogP contribution < -0.4 is 14.4 Å². The van der Waals surface area contributed by atoms with Gasteiger partial charge in [-0.3, -0.25) is 24.0 Å². The van der Waals surface area contributed by atoms with Crippen LogP contribution in [0.4, 0.5) is 11.4 Å². The molecule has 11 nitrogen and oxygen atoms in total. The Morgan fingerprint density at radius 1 is 0.918 bits per heavy atom. The van der Waals surface area contributed by atoms with Gasteiger partial charge in [0.2, 0.25) is 11.8 Å². The average molecular weight is 687 g/mol. The number of hydrogen-bond acceptors (Lipinski definition) is 7. The van der Waals surface area contributed by atoms with E-state index in [1.165, 1.54) is 43.2 Å². The number of sulfonamides is 1. The molecule has 0 radical (unpaired) electrons. The Labute approximate surface area is 287 Å². The molecule has 2 unspecified atom stereocenters. The van der Waals surface area contributed by atoms with Crippen molar-refractivity contribution in [3.05, 3.63) is 129 Å². The van der Waals surface area contributed by atoms with Crippen LogP contribution in [0.15, 0.2) is 102 Å². The molecule has 258 valence electrons. The summed E-state index contributed by atoms with van der Waals surface area (Å²) < 4.78 is 34.8. The summed E-state index contributed by atoms with van der Waals surface area (Å²) in [5, 5.41) is 14.8. The average Bonchev–Trinajstić information content (AvgIpc) is 3.09. The number of methoxy groups -OCH3 is 1. The minimum absolute atomic E-state index is 0.0262. The first-order valence-electron chi connectivity index (χ1n) is 15.9. The molecule has 0 aromatic heterocycles. The van der Waals surface area contributed by atoms with Crippen molar-refractivity contribution in [3.63, 3.8) is 0 Å². The van der Waals surface area contributed by atoms with E-state index < -0.39 is 33.4 Å². The van der Waals surface area contributed by atoms with Crippen molar-refractivity contribution in [2.24, 2.45) is 0 Å².